The van der Waals surface area contributed by atoms with Crippen LogP contribution in [0.25, 0.3) is 0 Å². The van der Waals surface area contributed by atoms with Crippen molar-refractivity contribution in [3.63, 3.8) is 0 Å². The Labute approximate surface area is 120 Å². The molecule has 0 fully saturated rings. The average molecular weight is 283 g/mol. The normalized spacial score (nSPS) is 12.2. The van der Waals surface area contributed by atoms with Crippen LogP contribution in [0, 0.1) is 0 Å². The second-order valence-corrected chi connectivity index (χ2v) is 4.91. The van der Waals surface area contributed by atoms with Crippen molar-refractivity contribution in [1.29, 1.82) is 0 Å². The molecule has 0 aliphatic rings. The lowest BCUT2D eigenvalue weighted by molar-refractivity contribution is -0.127. The number of anilines is 1. The first kappa shape index (κ1) is 16.4. The van der Waals surface area contributed by atoms with Crippen LogP contribution in [0.4, 0.5) is 6.01 Å². The number of carbonyl (C=O) groups excluding carboxylic acids is 1. The molecule has 0 aliphatic carbocycles. The number of likely N-dealkylation sites (N-methyl/N-ethyl adjacent to an activating group) is 1. The first-order valence-electron chi connectivity index (χ1n) is 7.01. The van der Waals surface area contributed by atoms with E-state index in [9.17, 15) is 4.79 Å². The second kappa shape index (κ2) is 7.84. The zero-order valence-electron chi connectivity index (χ0n) is 13.0. The number of carbonyl (C=O) groups is 1. The summed E-state index contributed by atoms with van der Waals surface area (Å²) in [7, 11) is 3.47. The molecule has 20 heavy (non-hydrogen) atoms. The molecule has 0 saturated heterocycles. The van der Waals surface area contributed by atoms with Crippen LogP contribution in [0.5, 0.6) is 0 Å². The lowest BCUT2D eigenvalue weighted by atomic mass is 10.3. The van der Waals surface area contributed by atoms with E-state index in [4.69, 9.17) is 4.42 Å². The second-order valence-electron chi connectivity index (χ2n) is 4.91. The van der Waals surface area contributed by atoms with Gasteiger partial charge >= 0.3 is 6.01 Å². The van der Waals surface area contributed by atoms with Gasteiger partial charge < -0.3 is 19.5 Å². The van der Waals surface area contributed by atoms with Gasteiger partial charge in [0.25, 0.3) is 0 Å². The average Bonchev–Trinajstić information content (AvgIpc) is 2.87. The highest BCUT2D eigenvalue weighted by Crippen LogP contribution is 2.17. The standard InChI is InChI=1S/C13H25N5O2/c1-6-8-18(9-11(19)17(4)5)13-16-15-12(20-13)10(3)14-7-2/h10,14H,6-9H2,1-5H3. The maximum absolute atomic E-state index is 11.8. The molecule has 7 nitrogen and oxygen atoms in total. The molecule has 1 heterocycles. The molecule has 0 saturated carbocycles. The van der Waals surface area contributed by atoms with Crippen molar-refractivity contribution in [2.24, 2.45) is 0 Å². The largest absolute Gasteiger partial charge is 0.406 e. The number of nitrogens with one attached hydrogen (secondary N) is 1. The molecular weight excluding hydrogens is 258 g/mol. The smallest absolute Gasteiger partial charge is 0.318 e. The highest BCUT2D eigenvalue weighted by Gasteiger charge is 2.20. The van der Waals surface area contributed by atoms with Gasteiger partial charge in [-0.25, -0.2) is 0 Å². The number of hydrogen-bond acceptors (Lipinski definition) is 6. The molecule has 7 heteroatoms. The zero-order valence-corrected chi connectivity index (χ0v) is 13.0. The summed E-state index contributed by atoms with van der Waals surface area (Å²) in [6, 6.07) is 0.413. The van der Waals surface area contributed by atoms with Crippen LogP contribution in [-0.4, -0.2) is 54.7 Å². The van der Waals surface area contributed by atoms with Crippen LogP contribution in [-0.2, 0) is 4.79 Å². The number of nitrogens with zero attached hydrogens (tertiary/aromatic N) is 4. The summed E-state index contributed by atoms with van der Waals surface area (Å²) in [5, 5.41) is 11.3. The molecule has 0 radical (unpaired) electrons. The van der Waals surface area contributed by atoms with Crippen LogP contribution in [0.1, 0.15) is 39.1 Å². The Morgan fingerprint density at radius 3 is 2.60 bits per heavy atom. The summed E-state index contributed by atoms with van der Waals surface area (Å²) in [5.74, 6) is 0.554. The molecule has 1 aromatic rings. The molecule has 114 valence electrons. The SMILES string of the molecule is CCCN(CC(=O)N(C)C)c1nnc(C(C)NCC)o1. The predicted molar refractivity (Wildman–Crippen MR) is 77.6 cm³/mol. The molecule has 0 bridgehead atoms. The van der Waals surface area contributed by atoms with Crippen molar-refractivity contribution in [3.8, 4) is 0 Å². The fraction of sp³-hybridized carbons (Fsp3) is 0.769. The molecule has 1 amide bonds. The van der Waals surface area contributed by atoms with Gasteiger partial charge in [0.05, 0.1) is 6.04 Å². The molecule has 0 spiro atoms. The van der Waals surface area contributed by atoms with Gasteiger partial charge in [0.1, 0.15) is 6.54 Å². The summed E-state index contributed by atoms with van der Waals surface area (Å²) in [6.45, 7) is 7.82. The Kier molecular flexibility index (Phi) is 6.44. The minimum Gasteiger partial charge on any atom is -0.406 e. The lowest BCUT2D eigenvalue weighted by Gasteiger charge is -2.20. The van der Waals surface area contributed by atoms with Crippen LogP contribution in [0.2, 0.25) is 0 Å². The summed E-state index contributed by atoms with van der Waals surface area (Å²) >= 11 is 0. The third kappa shape index (κ3) is 4.48. The van der Waals surface area contributed by atoms with Crippen LogP contribution in [0.15, 0.2) is 4.42 Å². The monoisotopic (exact) mass is 283 g/mol. The molecule has 1 aromatic heterocycles. The Hall–Kier alpha value is -1.63. The van der Waals surface area contributed by atoms with E-state index < -0.39 is 0 Å². The molecule has 1 N–H and O–H groups in total. The lowest BCUT2D eigenvalue weighted by Crippen LogP contribution is -2.37. The minimum atomic E-state index is 0.00859. The number of amides is 1. The third-order valence-corrected chi connectivity index (χ3v) is 2.90. The fourth-order valence-corrected chi connectivity index (χ4v) is 1.74. The van der Waals surface area contributed by atoms with Crippen molar-refractivity contribution < 1.29 is 9.21 Å². The van der Waals surface area contributed by atoms with E-state index in [0.29, 0.717) is 18.5 Å². The summed E-state index contributed by atoms with van der Waals surface area (Å²) < 4.78 is 5.66. The van der Waals surface area contributed by atoms with Crippen molar-refractivity contribution in [1.82, 2.24) is 20.4 Å². The van der Waals surface area contributed by atoms with Gasteiger partial charge in [-0.15, -0.1) is 5.10 Å². The molecular formula is C13H25N5O2. The third-order valence-electron chi connectivity index (χ3n) is 2.90. The quantitative estimate of drug-likeness (QED) is 0.768. The summed E-state index contributed by atoms with van der Waals surface area (Å²) in [6.07, 6.45) is 0.904. The summed E-state index contributed by atoms with van der Waals surface area (Å²) in [4.78, 5) is 15.2. The van der Waals surface area contributed by atoms with E-state index in [2.05, 4.69) is 15.5 Å². The molecule has 0 aliphatic heterocycles. The fourth-order valence-electron chi connectivity index (χ4n) is 1.74. The maximum atomic E-state index is 11.8. The highest BCUT2D eigenvalue weighted by atomic mass is 16.4. The number of hydrogen-bond donors (Lipinski definition) is 1. The van der Waals surface area contributed by atoms with E-state index >= 15 is 0 Å². The molecule has 1 unspecified atom stereocenters. The molecule has 1 rings (SSSR count). The van der Waals surface area contributed by atoms with E-state index in [1.165, 1.54) is 0 Å². The molecule has 0 aromatic carbocycles. The van der Waals surface area contributed by atoms with E-state index in [-0.39, 0.29) is 18.5 Å². The Morgan fingerprint density at radius 2 is 2.05 bits per heavy atom. The van der Waals surface area contributed by atoms with Crippen LogP contribution >= 0.6 is 0 Å². The van der Waals surface area contributed by atoms with Gasteiger partial charge in [0.2, 0.25) is 11.8 Å². The van der Waals surface area contributed by atoms with Gasteiger partial charge in [0.15, 0.2) is 0 Å². The van der Waals surface area contributed by atoms with Gasteiger partial charge in [0, 0.05) is 20.6 Å². The van der Waals surface area contributed by atoms with Crippen molar-refractivity contribution >= 4 is 11.9 Å². The highest BCUT2D eigenvalue weighted by molar-refractivity contribution is 5.80. The van der Waals surface area contributed by atoms with Crippen molar-refractivity contribution in [2.45, 2.75) is 33.2 Å². The van der Waals surface area contributed by atoms with Gasteiger partial charge in [-0.2, -0.15) is 0 Å². The minimum absolute atomic E-state index is 0.00859. The Balaban J connectivity index is 2.79. The van der Waals surface area contributed by atoms with Gasteiger partial charge in [-0.1, -0.05) is 18.9 Å². The summed E-state index contributed by atoms with van der Waals surface area (Å²) in [5.41, 5.74) is 0. The van der Waals surface area contributed by atoms with Crippen molar-refractivity contribution in [3.05, 3.63) is 5.89 Å². The van der Waals surface area contributed by atoms with Crippen LogP contribution < -0.4 is 10.2 Å². The maximum Gasteiger partial charge on any atom is 0.318 e. The number of aromatic nitrogens is 2. The Morgan fingerprint density at radius 1 is 1.35 bits per heavy atom. The molecule has 1 atom stereocenters. The van der Waals surface area contributed by atoms with Gasteiger partial charge in [-0.05, 0) is 19.9 Å². The first-order chi connectivity index (χ1) is 9.49. The topological polar surface area (TPSA) is 74.5 Å². The number of rotatable bonds is 8. The van der Waals surface area contributed by atoms with Crippen molar-refractivity contribution in [2.75, 3.05) is 38.6 Å². The first-order valence-corrected chi connectivity index (χ1v) is 7.01. The van der Waals surface area contributed by atoms with E-state index in [0.717, 1.165) is 13.0 Å². The van der Waals surface area contributed by atoms with Gasteiger partial charge in [-0.3, -0.25) is 4.79 Å². The zero-order chi connectivity index (χ0) is 15.1. The van der Waals surface area contributed by atoms with Crippen LogP contribution in [0.3, 0.4) is 0 Å². The Bertz CT molecular complexity index is 419. The predicted octanol–water partition coefficient (Wildman–Crippen LogP) is 1.04. The van der Waals surface area contributed by atoms with E-state index in [1.54, 1.807) is 19.0 Å². The van der Waals surface area contributed by atoms with E-state index in [1.807, 2.05) is 25.7 Å².